The number of pyridine rings is 1. The molecule has 0 atom stereocenters. The van der Waals surface area contributed by atoms with E-state index in [9.17, 15) is 4.79 Å². The van der Waals surface area contributed by atoms with E-state index in [1.54, 1.807) is 12.1 Å². The summed E-state index contributed by atoms with van der Waals surface area (Å²) in [4.78, 5) is 20.3. The number of aryl methyl sites for hydroxylation is 1. The number of anilines is 1. The molecule has 0 radical (unpaired) electrons. The van der Waals surface area contributed by atoms with Crippen LogP contribution in [-0.4, -0.2) is 32.6 Å². The summed E-state index contributed by atoms with van der Waals surface area (Å²) in [6, 6.07) is 3.47. The second-order valence-electron chi connectivity index (χ2n) is 4.03. The Balaban J connectivity index is 2.05. The Labute approximate surface area is 110 Å². The van der Waals surface area contributed by atoms with Crippen molar-refractivity contribution in [2.24, 2.45) is 0 Å². The van der Waals surface area contributed by atoms with Gasteiger partial charge in [-0.1, -0.05) is 0 Å². The van der Waals surface area contributed by atoms with E-state index in [4.69, 9.17) is 0 Å². The second-order valence-corrected chi connectivity index (χ2v) is 4.03. The van der Waals surface area contributed by atoms with Gasteiger partial charge in [-0.3, -0.25) is 9.89 Å². The van der Waals surface area contributed by atoms with Crippen molar-refractivity contribution in [3.05, 3.63) is 35.5 Å². The number of rotatable bonds is 5. The van der Waals surface area contributed by atoms with Gasteiger partial charge in [0.1, 0.15) is 18.0 Å². The first-order valence-electron chi connectivity index (χ1n) is 6.04. The minimum Gasteiger partial charge on any atom is -0.370 e. The van der Waals surface area contributed by atoms with Gasteiger partial charge >= 0.3 is 0 Å². The zero-order chi connectivity index (χ0) is 13.7. The summed E-state index contributed by atoms with van der Waals surface area (Å²) in [5, 5.41) is 12.3. The molecule has 2 aromatic heterocycles. The highest BCUT2D eigenvalue weighted by Gasteiger charge is 2.08. The van der Waals surface area contributed by atoms with Gasteiger partial charge in [-0.25, -0.2) is 9.97 Å². The van der Waals surface area contributed by atoms with Crippen molar-refractivity contribution in [3.8, 4) is 0 Å². The standard InChI is InChI=1S/C12H16N6O/c1-3-13-10-5-9(4-8(2)17-10)12(19)14-6-11-15-7-16-18-11/h4-5,7H,3,6H2,1-2H3,(H,13,17)(H,14,19)(H,15,16,18). The fourth-order valence-corrected chi connectivity index (χ4v) is 1.65. The van der Waals surface area contributed by atoms with E-state index in [0.717, 1.165) is 12.2 Å². The lowest BCUT2D eigenvalue weighted by Gasteiger charge is -2.08. The Morgan fingerprint density at radius 3 is 2.95 bits per heavy atom. The van der Waals surface area contributed by atoms with Gasteiger partial charge in [0.15, 0.2) is 0 Å². The number of hydrogen-bond acceptors (Lipinski definition) is 5. The average molecular weight is 260 g/mol. The number of amides is 1. The lowest BCUT2D eigenvalue weighted by atomic mass is 10.2. The van der Waals surface area contributed by atoms with Crippen LogP contribution in [0.3, 0.4) is 0 Å². The number of H-pyrrole nitrogens is 1. The van der Waals surface area contributed by atoms with Gasteiger partial charge in [0.25, 0.3) is 5.91 Å². The molecule has 2 heterocycles. The maximum Gasteiger partial charge on any atom is 0.251 e. The van der Waals surface area contributed by atoms with Crippen LogP contribution >= 0.6 is 0 Å². The molecular weight excluding hydrogens is 244 g/mol. The van der Waals surface area contributed by atoms with Gasteiger partial charge in [-0.2, -0.15) is 5.10 Å². The first-order valence-corrected chi connectivity index (χ1v) is 6.04. The molecule has 1 amide bonds. The second kappa shape index (κ2) is 5.94. The van der Waals surface area contributed by atoms with Gasteiger partial charge < -0.3 is 10.6 Å². The molecule has 2 rings (SSSR count). The predicted molar refractivity (Wildman–Crippen MR) is 70.7 cm³/mol. The Hall–Kier alpha value is -2.44. The highest BCUT2D eigenvalue weighted by molar-refractivity contribution is 5.94. The molecule has 0 aromatic carbocycles. The van der Waals surface area contributed by atoms with Crippen molar-refractivity contribution >= 4 is 11.7 Å². The summed E-state index contributed by atoms with van der Waals surface area (Å²) in [5.41, 5.74) is 1.37. The van der Waals surface area contributed by atoms with Crippen LogP contribution in [0.1, 0.15) is 28.8 Å². The number of carbonyl (C=O) groups excluding carboxylic acids is 1. The first-order chi connectivity index (χ1) is 9.19. The Morgan fingerprint density at radius 2 is 2.26 bits per heavy atom. The van der Waals surface area contributed by atoms with E-state index < -0.39 is 0 Å². The van der Waals surface area contributed by atoms with Crippen LogP contribution in [0.2, 0.25) is 0 Å². The van der Waals surface area contributed by atoms with E-state index in [2.05, 4.69) is 30.8 Å². The summed E-state index contributed by atoms with van der Waals surface area (Å²) < 4.78 is 0. The molecule has 0 saturated heterocycles. The summed E-state index contributed by atoms with van der Waals surface area (Å²) in [5.74, 6) is 1.15. The van der Waals surface area contributed by atoms with Crippen molar-refractivity contribution in [3.63, 3.8) is 0 Å². The minimum absolute atomic E-state index is 0.166. The molecule has 0 unspecified atom stereocenters. The topological polar surface area (TPSA) is 95.6 Å². The Kier molecular flexibility index (Phi) is 4.07. The Bertz CT molecular complexity index is 551. The number of aromatic nitrogens is 4. The molecule has 3 N–H and O–H groups in total. The summed E-state index contributed by atoms with van der Waals surface area (Å²) >= 11 is 0. The van der Waals surface area contributed by atoms with E-state index in [1.165, 1.54) is 6.33 Å². The van der Waals surface area contributed by atoms with Crippen LogP contribution in [0.5, 0.6) is 0 Å². The predicted octanol–water partition coefficient (Wildman–Crippen LogP) is 0.870. The molecule has 2 aromatic rings. The molecule has 0 fully saturated rings. The van der Waals surface area contributed by atoms with Crippen LogP contribution in [0.4, 0.5) is 5.82 Å². The third kappa shape index (κ3) is 3.51. The highest BCUT2D eigenvalue weighted by Crippen LogP contribution is 2.10. The number of carbonyl (C=O) groups is 1. The van der Waals surface area contributed by atoms with Gasteiger partial charge in [0.05, 0.1) is 6.54 Å². The molecular formula is C12H16N6O. The summed E-state index contributed by atoms with van der Waals surface area (Å²) in [6.45, 7) is 4.91. The summed E-state index contributed by atoms with van der Waals surface area (Å²) in [7, 11) is 0. The van der Waals surface area contributed by atoms with Crippen LogP contribution in [0.15, 0.2) is 18.5 Å². The van der Waals surface area contributed by atoms with Crippen LogP contribution < -0.4 is 10.6 Å². The molecule has 0 aliphatic rings. The van der Waals surface area contributed by atoms with Crippen LogP contribution in [-0.2, 0) is 6.54 Å². The molecule has 0 aliphatic heterocycles. The molecule has 7 nitrogen and oxygen atoms in total. The maximum atomic E-state index is 12.0. The smallest absolute Gasteiger partial charge is 0.251 e. The van der Waals surface area contributed by atoms with E-state index in [1.807, 2.05) is 13.8 Å². The molecule has 0 saturated carbocycles. The summed E-state index contributed by atoms with van der Waals surface area (Å²) in [6.07, 6.45) is 1.40. The number of hydrogen-bond donors (Lipinski definition) is 3. The normalized spacial score (nSPS) is 10.2. The third-order valence-corrected chi connectivity index (χ3v) is 2.45. The molecule has 100 valence electrons. The average Bonchev–Trinajstić information content (AvgIpc) is 2.88. The fraction of sp³-hybridized carbons (Fsp3) is 0.333. The van der Waals surface area contributed by atoms with E-state index in [0.29, 0.717) is 23.8 Å². The Morgan fingerprint density at radius 1 is 1.42 bits per heavy atom. The van der Waals surface area contributed by atoms with E-state index >= 15 is 0 Å². The lowest BCUT2D eigenvalue weighted by Crippen LogP contribution is -2.23. The minimum atomic E-state index is -0.166. The zero-order valence-electron chi connectivity index (χ0n) is 10.9. The SMILES string of the molecule is CCNc1cc(C(=O)NCc2ncn[nH]2)cc(C)n1. The van der Waals surface area contributed by atoms with Crippen LogP contribution in [0, 0.1) is 6.92 Å². The van der Waals surface area contributed by atoms with Gasteiger partial charge in [-0.15, -0.1) is 0 Å². The highest BCUT2D eigenvalue weighted by atomic mass is 16.1. The maximum absolute atomic E-state index is 12.0. The van der Waals surface area contributed by atoms with Crippen molar-refractivity contribution in [2.45, 2.75) is 20.4 Å². The van der Waals surface area contributed by atoms with Gasteiger partial charge in [0.2, 0.25) is 0 Å². The fourth-order valence-electron chi connectivity index (χ4n) is 1.65. The molecule has 0 bridgehead atoms. The zero-order valence-corrected chi connectivity index (χ0v) is 10.9. The number of nitrogens with zero attached hydrogens (tertiary/aromatic N) is 3. The van der Waals surface area contributed by atoms with Gasteiger partial charge in [0, 0.05) is 17.8 Å². The number of nitrogens with one attached hydrogen (secondary N) is 3. The molecule has 7 heteroatoms. The van der Waals surface area contributed by atoms with Crippen molar-refractivity contribution in [1.29, 1.82) is 0 Å². The molecule has 19 heavy (non-hydrogen) atoms. The molecule has 0 aliphatic carbocycles. The van der Waals surface area contributed by atoms with E-state index in [-0.39, 0.29) is 5.91 Å². The number of aromatic amines is 1. The van der Waals surface area contributed by atoms with Crippen LogP contribution in [0.25, 0.3) is 0 Å². The largest absolute Gasteiger partial charge is 0.370 e. The van der Waals surface area contributed by atoms with Crippen molar-refractivity contribution in [1.82, 2.24) is 25.5 Å². The van der Waals surface area contributed by atoms with Crippen molar-refractivity contribution < 1.29 is 4.79 Å². The van der Waals surface area contributed by atoms with Crippen molar-refractivity contribution in [2.75, 3.05) is 11.9 Å². The third-order valence-electron chi connectivity index (χ3n) is 2.45. The van der Waals surface area contributed by atoms with Gasteiger partial charge in [-0.05, 0) is 26.0 Å². The quantitative estimate of drug-likeness (QED) is 0.741. The monoisotopic (exact) mass is 260 g/mol. The lowest BCUT2D eigenvalue weighted by molar-refractivity contribution is 0.0949. The first kappa shape index (κ1) is 13.0. The molecule has 0 spiro atoms.